The third-order valence-corrected chi connectivity index (χ3v) is 7.81. The van der Waals surface area contributed by atoms with E-state index in [1.54, 1.807) is 30.2 Å². The Labute approximate surface area is 255 Å². The van der Waals surface area contributed by atoms with Crippen molar-refractivity contribution in [3.63, 3.8) is 0 Å². The molecule has 1 N–H and O–H groups in total. The van der Waals surface area contributed by atoms with Crippen molar-refractivity contribution in [3.8, 4) is 17.2 Å². The fraction of sp³-hybridized carbons (Fsp3) is 0.529. The lowest BCUT2D eigenvalue weighted by molar-refractivity contribution is -0.140. The second kappa shape index (κ2) is 15.3. The largest absolute Gasteiger partial charge is 0.507 e. The number of benzene rings is 2. The van der Waals surface area contributed by atoms with Gasteiger partial charge in [-0.2, -0.15) is 0 Å². The summed E-state index contributed by atoms with van der Waals surface area (Å²) in [4.78, 5) is 31.0. The molecule has 234 valence electrons. The van der Waals surface area contributed by atoms with Crippen LogP contribution in [0.25, 0.3) is 5.76 Å². The van der Waals surface area contributed by atoms with Crippen molar-refractivity contribution in [3.05, 3.63) is 58.7 Å². The zero-order valence-electron chi connectivity index (χ0n) is 26.2. The number of morpholine rings is 1. The maximum atomic E-state index is 13.6. The predicted molar refractivity (Wildman–Crippen MR) is 166 cm³/mol. The second-order valence-electron chi connectivity index (χ2n) is 11.6. The number of aliphatic hydroxyl groups excluding tert-OH is 1. The van der Waals surface area contributed by atoms with E-state index in [-0.39, 0.29) is 11.3 Å². The molecule has 2 aliphatic heterocycles. The molecule has 2 aliphatic rings. The molecule has 9 nitrogen and oxygen atoms in total. The highest BCUT2D eigenvalue weighted by atomic mass is 16.5. The molecule has 2 heterocycles. The molecule has 1 amide bonds. The molecule has 4 rings (SSSR count). The van der Waals surface area contributed by atoms with Gasteiger partial charge >= 0.3 is 0 Å². The number of Topliss-reactive ketones (excluding diaryl/α,β-unsaturated/α-hetero) is 1. The number of hydrogen-bond acceptors (Lipinski definition) is 8. The SMILES string of the molecule is CCCCOc1ccc(C2/C(=C(\O)c3ccc(OCC(C)C)cc3C)C(=O)C(=O)N2CCCN2CCOCC2)cc1OC. The number of unbranched alkanes of at least 4 members (excludes halogenated alkanes) is 1. The minimum Gasteiger partial charge on any atom is -0.507 e. The number of ketones is 1. The van der Waals surface area contributed by atoms with Crippen LogP contribution >= 0.6 is 0 Å². The van der Waals surface area contributed by atoms with Crippen molar-refractivity contribution < 1.29 is 33.6 Å². The minimum absolute atomic E-state index is 0.0667. The standard InChI is InChI=1S/C34H46N2O7/c1-6-7-17-42-28-12-9-25(21-29(28)40-5)31-30(32(37)27-11-10-26(20-24(27)4)43-22-23(2)3)33(38)34(39)36(31)14-8-13-35-15-18-41-19-16-35/h9-12,20-21,23,31,37H,6-8,13-19,22H2,1-5H3/b32-30+. The summed E-state index contributed by atoms with van der Waals surface area (Å²) in [6.07, 6.45) is 2.60. The number of aryl methyl sites for hydroxylation is 1. The molecular weight excluding hydrogens is 548 g/mol. The molecule has 9 heteroatoms. The molecule has 43 heavy (non-hydrogen) atoms. The summed E-state index contributed by atoms with van der Waals surface area (Å²) in [5.41, 5.74) is 1.96. The fourth-order valence-electron chi connectivity index (χ4n) is 5.45. The normalized spacial score (nSPS) is 18.8. The van der Waals surface area contributed by atoms with E-state index in [0.29, 0.717) is 73.7 Å². The first-order valence-electron chi connectivity index (χ1n) is 15.4. The molecule has 0 bridgehead atoms. The van der Waals surface area contributed by atoms with Crippen molar-refractivity contribution in [2.75, 3.05) is 59.7 Å². The first kappa shape index (κ1) is 32.4. The minimum atomic E-state index is -0.778. The Morgan fingerprint density at radius 2 is 1.79 bits per heavy atom. The van der Waals surface area contributed by atoms with Gasteiger partial charge in [-0.25, -0.2) is 0 Å². The Morgan fingerprint density at radius 1 is 1.02 bits per heavy atom. The highest BCUT2D eigenvalue weighted by Crippen LogP contribution is 2.42. The number of carbonyl (C=O) groups excluding carboxylic acids is 2. The fourth-order valence-corrected chi connectivity index (χ4v) is 5.45. The second-order valence-corrected chi connectivity index (χ2v) is 11.6. The number of hydrogen-bond donors (Lipinski definition) is 1. The number of nitrogens with zero attached hydrogens (tertiary/aromatic N) is 2. The highest BCUT2D eigenvalue weighted by Gasteiger charge is 2.46. The summed E-state index contributed by atoms with van der Waals surface area (Å²) in [7, 11) is 1.57. The molecule has 0 radical (unpaired) electrons. The molecule has 2 fully saturated rings. The monoisotopic (exact) mass is 594 g/mol. The topological polar surface area (TPSA) is 97.8 Å². The molecule has 0 spiro atoms. The van der Waals surface area contributed by atoms with E-state index in [1.807, 2.05) is 25.1 Å². The van der Waals surface area contributed by atoms with Crippen LogP contribution in [0.1, 0.15) is 62.8 Å². The number of rotatable bonds is 14. The van der Waals surface area contributed by atoms with Gasteiger partial charge in [0.15, 0.2) is 11.5 Å². The lowest BCUT2D eigenvalue weighted by Gasteiger charge is -2.29. The first-order valence-corrected chi connectivity index (χ1v) is 15.4. The first-order chi connectivity index (χ1) is 20.7. The van der Waals surface area contributed by atoms with E-state index in [4.69, 9.17) is 18.9 Å². The van der Waals surface area contributed by atoms with Gasteiger partial charge in [-0.1, -0.05) is 33.3 Å². The Morgan fingerprint density at radius 3 is 2.47 bits per heavy atom. The molecule has 0 saturated carbocycles. The van der Waals surface area contributed by atoms with Crippen LogP contribution in [0.15, 0.2) is 42.0 Å². The summed E-state index contributed by atoms with van der Waals surface area (Å²) in [6.45, 7) is 13.4. The van der Waals surface area contributed by atoms with Crippen LogP contribution in [0.2, 0.25) is 0 Å². The van der Waals surface area contributed by atoms with Crippen molar-refractivity contribution in [1.82, 2.24) is 9.80 Å². The zero-order chi connectivity index (χ0) is 30.9. The van der Waals surface area contributed by atoms with Gasteiger partial charge in [-0.05, 0) is 67.1 Å². The third-order valence-electron chi connectivity index (χ3n) is 7.81. The quantitative estimate of drug-likeness (QED) is 0.135. The summed E-state index contributed by atoms with van der Waals surface area (Å²) in [6, 6.07) is 10.0. The van der Waals surface area contributed by atoms with Crippen LogP contribution in [0, 0.1) is 12.8 Å². The lowest BCUT2D eigenvalue weighted by atomic mass is 9.93. The van der Waals surface area contributed by atoms with Crippen molar-refractivity contribution >= 4 is 17.4 Å². The van der Waals surface area contributed by atoms with Gasteiger partial charge in [-0.15, -0.1) is 0 Å². The van der Waals surface area contributed by atoms with E-state index in [2.05, 4.69) is 25.7 Å². The van der Waals surface area contributed by atoms with Gasteiger partial charge in [0, 0.05) is 31.7 Å². The number of aliphatic hydroxyl groups is 1. The van der Waals surface area contributed by atoms with E-state index in [9.17, 15) is 14.7 Å². The van der Waals surface area contributed by atoms with Crippen LogP contribution in [0.4, 0.5) is 0 Å². The van der Waals surface area contributed by atoms with Gasteiger partial charge in [-0.3, -0.25) is 14.5 Å². The van der Waals surface area contributed by atoms with Gasteiger partial charge in [0.25, 0.3) is 11.7 Å². The maximum Gasteiger partial charge on any atom is 0.295 e. The van der Waals surface area contributed by atoms with E-state index >= 15 is 0 Å². The number of methoxy groups -OCH3 is 1. The van der Waals surface area contributed by atoms with Gasteiger partial charge in [0.05, 0.1) is 45.2 Å². The van der Waals surface area contributed by atoms with Crippen LogP contribution in [0.5, 0.6) is 17.2 Å². The van der Waals surface area contributed by atoms with Gasteiger partial charge in [0.2, 0.25) is 0 Å². The highest BCUT2D eigenvalue weighted by molar-refractivity contribution is 6.46. The van der Waals surface area contributed by atoms with Crippen molar-refractivity contribution in [2.45, 2.75) is 53.0 Å². The van der Waals surface area contributed by atoms with Crippen LogP contribution in [0.3, 0.4) is 0 Å². The van der Waals surface area contributed by atoms with Crippen molar-refractivity contribution in [2.24, 2.45) is 5.92 Å². The third kappa shape index (κ3) is 7.89. The zero-order valence-corrected chi connectivity index (χ0v) is 26.2. The Bertz CT molecular complexity index is 1300. The molecule has 0 aromatic heterocycles. The summed E-state index contributed by atoms with van der Waals surface area (Å²) < 4.78 is 22.9. The lowest BCUT2D eigenvalue weighted by Crippen LogP contribution is -2.39. The van der Waals surface area contributed by atoms with E-state index in [0.717, 1.165) is 38.0 Å². The van der Waals surface area contributed by atoms with Gasteiger partial charge in [0.1, 0.15) is 11.5 Å². The summed E-state index contributed by atoms with van der Waals surface area (Å²) in [5, 5.41) is 11.7. The van der Waals surface area contributed by atoms with Crippen LogP contribution < -0.4 is 14.2 Å². The van der Waals surface area contributed by atoms with Crippen LogP contribution in [-0.4, -0.2) is 86.3 Å². The smallest absolute Gasteiger partial charge is 0.295 e. The number of ether oxygens (including phenoxy) is 4. The molecule has 1 unspecified atom stereocenters. The Balaban J connectivity index is 1.71. The molecular formula is C34H46N2O7. The number of amides is 1. The molecule has 2 aromatic carbocycles. The number of carbonyl (C=O) groups is 2. The average Bonchev–Trinajstić information content (AvgIpc) is 3.25. The Kier molecular flexibility index (Phi) is 11.5. The molecule has 0 aliphatic carbocycles. The molecule has 1 atom stereocenters. The van der Waals surface area contributed by atoms with Gasteiger partial charge < -0.3 is 29.0 Å². The Hall–Kier alpha value is -3.56. The predicted octanol–water partition coefficient (Wildman–Crippen LogP) is 5.36. The average molecular weight is 595 g/mol. The van der Waals surface area contributed by atoms with E-state index in [1.165, 1.54) is 0 Å². The van der Waals surface area contributed by atoms with E-state index < -0.39 is 17.7 Å². The summed E-state index contributed by atoms with van der Waals surface area (Å²) >= 11 is 0. The molecule has 2 aromatic rings. The maximum absolute atomic E-state index is 13.6. The van der Waals surface area contributed by atoms with Crippen LogP contribution in [-0.2, 0) is 14.3 Å². The van der Waals surface area contributed by atoms with Crippen molar-refractivity contribution in [1.29, 1.82) is 0 Å². The summed E-state index contributed by atoms with van der Waals surface area (Å²) in [5.74, 6) is 0.640. The molecule has 2 saturated heterocycles. The number of likely N-dealkylation sites (tertiary alicyclic amines) is 1.